The van der Waals surface area contributed by atoms with Crippen molar-refractivity contribution in [3.8, 4) is 0 Å². The van der Waals surface area contributed by atoms with E-state index >= 15 is 0 Å². The van der Waals surface area contributed by atoms with Crippen LogP contribution in [0.5, 0.6) is 0 Å². The highest BCUT2D eigenvalue weighted by molar-refractivity contribution is 7.98. The Morgan fingerprint density at radius 3 is 2.73 bits per heavy atom. The number of likely N-dealkylation sites (tertiary alicyclic amines) is 1. The summed E-state index contributed by atoms with van der Waals surface area (Å²) >= 11 is 1.69. The second kappa shape index (κ2) is 3.76. The monoisotopic (exact) mass is 173 g/mol. The van der Waals surface area contributed by atoms with Crippen molar-refractivity contribution in [3.05, 3.63) is 0 Å². The van der Waals surface area contributed by atoms with Crippen LogP contribution in [0.25, 0.3) is 0 Å². The zero-order valence-corrected chi connectivity index (χ0v) is 7.32. The van der Waals surface area contributed by atoms with Crippen LogP contribution < -0.4 is 0 Å². The van der Waals surface area contributed by atoms with Crippen molar-refractivity contribution in [2.24, 2.45) is 0 Å². The van der Waals surface area contributed by atoms with Crippen molar-refractivity contribution < 1.29 is 9.59 Å². The minimum atomic E-state index is -0.0101. The van der Waals surface area contributed by atoms with Crippen LogP contribution in [0, 0.1) is 0 Å². The molecule has 0 saturated carbocycles. The first-order valence-corrected chi connectivity index (χ1v) is 4.92. The number of carbonyl (C=O) groups excluding carboxylic acids is 2. The van der Waals surface area contributed by atoms with Crippen molar-refractivity contribution in [3.63, 3.8) is 0 Å². The van der Waals surface area contributed by atoms with Crippen LogP contribution in [0.3, 0.4) is 0 Å². The molecule has 1 aliphatic rings. The molecule has 0 unspecified atom stereocenters. The SMILES string of the molecule is CSCCN1CC(=O)CC1=O. The molecular formula is C7H11NO2S. The largest absolute Gasteiger partial charge is 0.334 e. The third-order valence-corrected chi connectivity index (χ3v) is 2.22. The fourth-order valence-corrected chi connectivity index (χ4v) is 1.45. The van der Waals surface area contributed by atoms with Gasteiger partial charge in [-0.15, -0.1) is 0 Å². The van der Waals surface area contributed by atoms with Crippen LogP contribution in [-0.2, 0) is 9.59 Å². The molecule has 62 valence electrons. The van der Waals surface area contributed by atoms with Gasteiger partial charge in [0.25, 0.3) is 0 Å². The lowest BCUT2D eigenvalue weighted by molar-refractivity contribution is -0.127. The molecule has 0 aromatic carbocycles. The highest BCUT2D eigenvalue weighted by Gasteiger charge is 2.26. The van der Waals surface area contributed by atoms with E-state index in [1.807, 2.05) is 6.26 Å². The van der Waals surface area contributed by atoms with E-state index in [0.717, 1.165) is 5.75 Å². The second-order valence-corrected chi connectivity index (χ2v) is 3.51. The lowest BCUT2D eigenvalue weighted by Gasteiger charge is -2.12. The molecule has 1 heterocycles. The lowest BCUT2D eigenvalue weighted by Crippen LogP contribution is -2.27. The van der Waals surface area contributed by atoms with Gasteiger partial charge >= 0.3 is 0 Å². The Bertz CT molecular complexity index is 181. The van der Waals surface area contributed by atoms with E-state index in [-0.39, 0.29) is 18.1 Å². The summed E-state index contributed by atoms with van der Waals surface area (Å²) in [5.74, 6) is 0.958. The van der Waals surface area contributed by atoms with Gasteiger partial charge in [0.2, 0.25) is 5.91 Å². The molecule has 1 fully saturated rings. The van der Waals surface area contributed by atoms with Gasteiger partial charge in [-0.3, -0.25) is 9.59 Å². The number of hydrogen-bond acceptors (Lipinski definition) is 3. The third kappa shape index (κ3) is 2.22. The number of carbonyl (C=O) groups is 2. The quantitative estimate of drug-likeness (QED) is 0.570. The van der Waals surface area contributed by atoms with Crippen LogP contribution in [0.2, 0.25) is 0 Å². The smallest absolute Gasteiger partial charge is 0.230 e. The summed E-state index contributed by atoms with van der Waals surface area (Å²) in [7, 11) is 0. The standard InChI is InChI=1S/C7H11NO2S/c1-11-3-2-8-5-6(9)4-7(8)10/h2-5H2,1H3. The van der Waals surface area contributed by atoms with E-state index in [4.69, 9.17) is 0 Å². The minimum absolute atomic E-state index is 0.0101. The van der Waals surface area contributed by atoms with Gasteiger partial charge in [-0.2, -0.15) is 11.8 Å². The molecule has 0 bridgehead atoms. The van der Waals surface area contributed by atoms with E-state index < -0.39 is 0 Å². The van der Waals surface area contributed by atoms with Crippen molar-refractivity contribution in [2.45, 2.75) is 6.42 Å². The number of ketones is 1. The molecule has 0 radical (unpaired) electrons. The average Bonchev–Trinajstić information content (AvgIpc) is 2.26. The number of hydrogen-bond donors (Lipinski definition) is 0. The molecule has 0 aliphatic carbocycles. The van der Waals surface area contributed by atoms with Gasteiger partial charge in [0, 0.05) is 12.3 Å². The highest BCUT2D eigenvalue weighted by atomic mass is 32.2. The Morgan fingerprint density at radius 1 is 1.55 bits per heavy atom. The average molecular weight is 173 g/mol. The zero-order chi connectivity index (χ0) is 8.27. The van der Waals surface area contributed by atoms with Gasteiger partial charge in [0.15, 0.2) is 5.78 Å². The number of thioether (sulfide) groups is 1. The van der Waals surface area contributed by atoms with Crippen molar-refractivity contribution in [1.29, 1.82) is 0 Å². The van der Waals surface area contributed by atoms with E-state index in [0.29, 0.717) is 13.1 Å². The van der Waals surface area contributed by atoms with Gasteiger partial charge in [-0.25, -0.2) is 0 Å². The van der Waals surface area contributed by atoms with E-state index in [2.05, 4.69) is 0 Å². The molecule has 0 spiro atoms. The number of amides is 1. The van der Waals surface area contributed by atoms with Gasteiger partial charge in [0.1, 0.15) is 0 Å². The van der Waals surface area contributed by atoms with Crippen LogP contribution >= 0.6 is 11.8 Å². The zero-order valence-electron chi connectivity index (χ0n) is 6.50. The van der Waals surface area contributed by atoms with Gasteiger partial charge in [0.05, 0.1) is 13.0 Å². The van der Waals surface area contributed by atoms with Gasteiger partial charge < -0.3 is 4.90 Å². The molecule has 11 heavy (non-hydrogen) atoms. The first-order valence-electron chi connectivity index (χ1n) is 3.52. The summed E-state index contributed by atoms with van der Waals surface area (Å²) in [6.07, 6.45) is 2.11. The van der Waals surface area contributed by atoms with Gasteiger partial charge in [-0.1, -0.05) is 0 Å². The molecule has 0 N–H and O–H groups in total. The fourth-order valence-electron chi connectivity index (χ4n) is 1.04. The third-order valence-electron chi connectivity index (χ3n) is 1.63. The number of nitrogens with zero attached hydrogens (tertiary/aromatic N) is 1. The Balaban J connectivity index is 2.34. The van der Waals surface area contributed by atoms with E-state index in [1.54, 1.807) is 16.7 Å². The van der Waals surface area contributed by atoms with Crippen LogP contribution in [-0.4, -0.2) is 41.7 Å². The van der Waals surface area contributed by atoms with E-state index in [9.17, 15) is 9.59 Å². The minimum Gasteiger partial charge on any atom is -0.334 e. The topological polar surface area (TPSA) is 37.4 Å². The summed E-state index contributed by atoms with van der Waals surface area (Å²) in [4.78, 5) is 23.4. The Kier molecular flexibility index (Phi) is 2.93. The lowest BCUT2D eigenvalue weighted by atomic mass is 10.3. The summed E-state index contributed by atoms with van der Waals surface area (Å²) in [6, 6.07) is 0. The fraction of sp³-hybridized carbons (Fsp3) is 0.714. The Labute approximate surface area is 70.1 Å². The molecule has 1 saturated heterocycles. The van der Waals surface area contributed by atoms with Crippen LogP contribution in [0.4, 0.5) is 0 Å². The molecule has 3 nitrogen and oxygen atoms in total. The molecular weight excluding hydrogens is 162 g/mol. The van der Waals surface area contributed by atoms with Crippen molar-refractivity contribution in [1.82, 2.24) is 4.90 Å². The molecule has 1 aliphatic heterocycles. The molecule has 0 aromatic heterocycles. The molecule has 0 aromatic rings. The highest BCUT2D eigenvalue weighted by Crippen LogP contribution is 2.06. The summed E-state index contributed by atoms with van der Waals surface area (Å²) in [5, 5.41) is 0. The predicted octanol–water partition coefficient (Wildman–Crippen LogP) is 0.151. The molecule has 4 heteroatoms. The van der Waals surface area contributed by atoms with Crippen LogP contribution in [0.15, 0.2) is 0 Å². The first kappa shape index (κ1) is 8.59. The molecule has 1 rings (SSSR count). The first-order chi connectivity index (χ1) is 5.24. The molecule has 1 amide bonds. The summed E-state index contributed by atoms with van der Waals surface area (Å²) in [5.41, 5.74) is 0. The molecule has 0 atom stereocenters. The normalized spacial score (nSPS) is 18.1. The van der Waals surface area contributed by atoms with E-state index in [1.165, 1.54) is 0 Å². The Hall–Kier alpha value is -0.510. The maximum atomic E-state index is 11.0. The number of rotatable bonds is 3. The number of Topliss-reactive ketones (excluding diaryl/α,β-unsaturated/α-hetero) is 1. The summed E-state index contributed by atoms with van der Waals surface area (Å²) < 4.78 is 0. The van der Waals surface area contributed by atoms with Crippen molar-refractivity contribution in [2.75, 3.05) is 25.1 Å². The van der Waals surface area contributed by atoms with Crippen molar-refractivity contribution >= 4 is 23.5 Å². The predicted molar refractivity (Wildman–Crippen MR) is 44.6 cm³/mol. The van der Waals surface area contributed by atoms with Crippen LogP contribution in [0.1, 0.15) is 6.42 Å². The maximum Gasteiger partial charge on any atom is 0.230 e. The van der Waals surface area contributed by atoms with Gasteiger partial charge in [-0.05, 0) is 6.26 Å². The summed E-state index contributed by atoms with van der Waals surface area (Å²) in [6.45, 7) is 1.05. The Morgan fingerprint density at radius 2 is 2.27 bits per heavy atom. The maximum absolute atomic E-state index is 11.0. The second-order valence-electron chi connectivity index (χ2n) is 2.52.